The summed E-state index contributed by atoms with van der Waals surface area (Å²) in [4.78, 5) is 8.57. The lowest BCUT2D eigenvalue weighted by molar-refractivity contribution is 0.344. The summed E-state index contributed by atoms with van der Waals surface area (Å²) in [6.45, 7) is 2.31. The monoisotopic (exact) mass is 334 g/mol. The summed E-state index contributed by atoms with van der Waals surface area (Å²) in [6, 6.07) is 11.5. The zero-order valence-electron chi connectivity index (χ0n) is 13.0. The van der Waals surface area contributed by atoms with Gasteiger partial charge in [0.25, 0.3) is 0 Å². The number of rotatable bonds is 7. The molecule has 0 radical (unpaired) electrons. The normalized spacial score (nSPS) is 11.6. The highest BCUT2D eigenvalue weighted by Crippen LogP contribution is 2.25. The molecule has 2 rings (SSSR count). The molecule has 2 aromatic rings. The van der Waals surface area contributed by atoms with Crippen molar-refractivity contribution in [3.63, 3.8) is 0 Å². The Morgan fingerprint density at radius 1 is 1.17 bits per heavy atom. The molecule has 0 saturated carbocycles. The first-order valence-electron chi connectivity index (χ1n) is 7.02. The van der Waals surface area contributed by atoms with E-state index in [4.69, 9.17) is 9.47 Å². The Kier molecular flexibility index (Phi) is 5.70. The van der Waals surface area contributed by atoms with Gasteiger partial charge in [-0.1, -0.05) is 18.2 Å². The minimum atomic E-state index is -3.52. The van der Waals surface area contributed by atoms with E-state index >= 15 is 0 Å². The number of benzene rings is 1. The third-order valence-corrected chi connectivity index (χ3v) is 4.64. The molecule has 6 nitrogen and oxygen atoms in total. The summed E-state index contributed by atoms with van der Waals surface area (Å²) in [7, 11) is -2.05. The number of ether oxygens (including phenoxy) is 2. The lowest BCUT2D eigenvalue weighted by Gasteiger charge is -2.08. The number of hydrogen-bond donors (Lipinski definition) is 0. The van der Waals surface area contributed by atoms with Gasteiger partial charge in [-0.3, -0.25) is 0 Å². The molecule has 0 aliphatic heterocycles. The van der Waals surface area contributed by atoms with Crippen LogP contribution in [0.1, 0.15) is 12.6 Å². The molecule has 0 fully saturated rings. The second kappa shape index (κ2) is 7.73. The SMILES string of the molecule is CCOC=Nc1ccc(OC)nc1CS(=O)(=O)c1ccccc1. The third kappa shape index (κ3) is 4.53. The van der Waals surface area contributed by atoms with E-state index in [1.165, 1.54) is 13.5 Å². The number of methoxy groups -OCH3 is 1. The maximum Gasteiger partial charge on any atom is 0.213 e. The number of nitrogens with zero attached hydrogens (tertiary/aromatic N) is 2. The highest BCUT2D eigenvalue weighted by molar-refractivity contribution is 7.90. The lowest BCUT2D eigenvalue weighted by Crippen LogP contribution is -2.07. The van der Waals surface area contributed by atoms with Crippen molar-refractivity contribution in [2.45, 2.75) is 17.6 Å². The summed E-state index contributed by atoms with van der Waals surface area (Å²) < 4.78 is 35.2. The van der Waals surface area contributed by atoms with Crippen LogP contribution in [0.2, 0.25) is 0 Å². The molecule has 23 heavy (non-hydrogen) atoms. The Bertz CT molecular complexity index is 774. The number of sulfone groups is 1. The van der Waals surface area contributed by atoms with Crippen LogP contribution in [0.3, 0.4) is 0 Å². The molecular weight excluding hydrogens is 316 g/mol. The van der Waals surface area contributed by atoms with Gasteiger partial charge in [-0.15, -0.1) is 0 Å². The summed E-state index contributed by atoms with van der Waals surface area (Å²) in [6.07, 6.45) is 1.28. The molecule has 0 aliphatic carbocycles. The second-order valence-corrected chi connectivity index (χ2v) is 6.57. The van der Waals surface area contributed by atoms with E-state index in [2.05, 4.69) is 9.98 Å². The standard InChI is InChI=1S/C16H18N2O4S/c1-3-22-12-17-14-9-10-16(21-2)18-15(14)11-23(19,20)13-7-5-4-6-8-13/h4-10,12H,3,11H2,1-2H3. The second-order valence-electron chi connectivity index (χ2n) is 4.58. The Balaban J connectivity index is 2.37. The Hall–Kier alpha value is -2.41. The Morgan fingerprint density at radius 3 is 2.57 bits per heavy atom. The highest BCUT2D eigenvalue weighted by Gasteiger charge is 2.19. The molecule has 0 spiro atoms. The summed E-state index contributed by atoms with van der Waals surface area (Å²) >= 11 is 0. The summed E-state index contributed by atoms with van der Waals surface area (Å²) in [5, 5.41) is 0. The van der Waals surface area contributed by atoms with Crippen molar-refractivity contribution in [3.05, 3.63) is 48.2 Å². The molecule has 1 aromatic heterocycles. The van der Waals surface area contributed by atoms with Crippen molar-refractivity contribution >= 4 is 21.9 Å². The van der Waals surface area contributed by atoms with Gasteiger partial charge < -0.3 is 9.47 Å². The number of pyridine rings is 1. The molecule has 1 aromatic carbocycles. The van der Waals surface area contributed by atoms with E-state index in [1.807, 2.05) is 6.92 Å². The average Bonchev–Trinajstić information content (AvgIpc) is 2.57. The maximum absolute atomic E-state index is 12.5. The van der Waals surface area contributed by atoms with Gasteiger partial charge in [0.05, 0.1) is 35.7 Å². The molecular formula is C16H18N2O4S. The van der Waals surface area contributed by atoms with Crippen LogP contribution in [0.5, 0.6) is 5.88 Å². The van der Waals surface area contributed by atoms with Gasteiger partial charge in [-0.25, -0.2) is 18.4 Å². The zero-order chi connectivity index (χ0) is 16.7. The Labute approximate surface area is 135 Å². The van der Waals surface area contributed by atoms with Gasteiger partial charge in [0.15, 0.2) is 16.2 Å². The van der Waals surface area contributed by atoms with Crippen LogP contribution in [0.15, 0.2) is 52.4 Å². The van der Waals surface area contributed by atoms with Crippen LogP contribution < -0.4 is 4.74 Å². The zero-order valence-corrected chi connectivity index (χ0v) is 13.8. The predicted molar refractivity (Wildman–Crippen MR) is 87.9 cm³/mol. The van der Waals surface area contributed by atoms with Crippen LogP contribution >= 0.6 is 0 Å². The first-order chi connectivity index (χ1) is 11.1. The fourth-order valence-corrected chi connectivity index (χ4v) is 3.18. The van der Waals surface area contributed by atoms with E-state index < -0.39 is 9.84 Å². The van der Waals surface area contributed by atoms with Crippen LogP contribution in [-0.2, 0) is 20.3 Å². The minimum Gasteiger partial charge on any atom is -0.483 e. The van der Waals surface area contributed by atoms with E-state index in [0.29, 0.717) is 23.9 Å². The van der Waals surface area contributed by atoms with Gasteiger partial charge in [-0.2, -0.15) is 0 Å². The van der Waals surface area contributed by atoms with Gasteiger partial charge in [0.2, 0.25) is 5.88 Å². The quantitative estimate of drug-likeness (QED) is 0.575. The van der Waals surface area contributed by atoms with Gasteiger partial charge in [0, 0.05) is 6.07 Å². The third-order valence-electron chi connectivity index (χ3n) is 3.00. The maximum atomic E-state index is 12.5. The van der Waals surface area contributed by atoms with Crippen molar-refractivity contribution in [1.82, 2.24) is 4.98 Å². The fraction of sp³-hybridized carbons (Fsp3) is 0.250. The molecule has 7 heteroatoms. The minimum absolute atomic E-state index is 0.240. The number of aromatic nitrogens is 1. The van der Waals surface area contributed by atoms with Crippen molar-refractivity contribution < 1.29 is 17.9 Å². The summed E-state index contributed by atoms with van der Waals surface area (Å²) in [5.74, 6) is 0.0612. The highest BCUT2D eigenvalue weighted by atomic mass is 32.2. The van der Waals surface area contributed by atoms with Gasteiger partial charge >= 0.3 is 0 Å². The van der Waals surface area contributed by atoms with Gasteiger partial charge in [0.1, 0.15) is 0 Å². The van der Waals surface area contributed by atoms with E-state index in [9.17, 15) is 8.42 Å². The van der Waals surface area contributed by atoms with Gasteiger partial charge in [-0.05, 0) is 25.1 Å². The van der Waals surface area contributed by atoms with Crippen molar-refractivity contribution in [2.75, 3.05) is 13.7 Å². The summed E-state index contributed by atoms with van der Waals surface area (Å²) in [5.41, 5.74) is 0.739. The van der Waals surface area contributed by atoms with Crippen LogP contribution in [-0.4, -0.2) is 33.5 Å². The molecule has 0 bridgehead atoms. The number of aliphatic imine (C=N–C) groups is 1. The molecule has 0 atom stereocenters. The van der Waals surface area contributed by atoms with E-state index in [1.54, 1.807) is 42.5 Å². The molecule has 1 heterocycles. The lowest BCUT2D eigenvalue weighted by atomic mass is 10.3. The van der Waals surface area contributed by atoms with Crippen molar-refractivity contribution in [3.8, 4) is 5.88 Å². The van der Waals surface area contributed by atoms with Crippen LogP contribution in [0.25, 0.3) is 0 Å². The average molecular weight is 334 g/mol. The van der Waals surface area contributed by atoms with Crippen LogP contribution in [0.4, 0.5) is 5.69 Å². The number of hydrogen-bond acceptors (Lipinski definition) is 6. The first kappa shape index (κ1) is 17.0. The smallest absolute Gasteiger partial charge is 0.213 e. The molecule has 0 saturated heterocycles. The van der Waals surface area contributed by atoms with Crippen molar-refractivity contribution in [2.24, 2.45) is 4.99 Å². The molecule has 0 amide bonds. The van der Waals surface area contributed by atoms with E-state index in [-0.39, 0.29) is 10.6 Å². The fourth-order valence-electron chi connectivity index (χ4n) is 1.87. The molecule has 122 valence electrons. The predicted octanol–water partition coefficient (Wildman–Crippen LogP) is 2.76. The molecule has 0 unspecified atom stereocenters. The molecule has 0 aliphatic rings. The van der Waals surface area contributed by atoms with E-state index in [0.717, 1.165) is 0 Å². The van der Waals surface area contributed by atoms with Crippen molar-refractivity contribution in [1.29, 1.82) is 0 Å². The Morgan fingerprint density at radius 2 is 1.91 bits per heavy atom. The molecule has 0 N–H and O–H groups in total. The largest absolute Gasteiger partial charge is 0.483 e. The van der Waals surface area contributed by atoms with Crippen LogP contribution in [0, 0.1) is 0 Å². The first-order valence-corrected chi connectivity index (χ1v) is 8.68. The topological polar surface area (TPSA) is 77.8 Å².